The summed E-state index contributed by atoms with van der Waals surface area (Å²) in [6.07, 6.45) is 1.71. The van der Waals surface area contributed by atoms with Crippen LogP contribution in [0.1, 0.15) is 52.4 Å². The van der Waals surface area contributed by atoms with E-state index in [1.165, 1.54) is 0 Å². The van der Waals surface area contributed by atoms with Gasteiger partial charge in [0.2, 0.25) is 5.91 Å². The Morgan fingerprint density at radius 2 is 1.82 bits per heavy atom. The number of carbonyl (C=O) groups is 2. The summed E-state index contributed by atoms with van der Waals surface area (Å²) in [6.45, 7) is 4.91. The van der Waals surface area contributed by atoms with E-state index in [4.69, 9.17) is 9.37 Å². The molecule has 9 nitrogen and oxygen atoms in total. The van der Waals surface area contributed by atoms with Crippen molar-refractivity contribution in [3.63, 3.8) is 0 Å². The predicted octanol–water partition coefficient (Wildman–Crippen LogP) is 2.75. The van der Waals surface area contributed by atoms with Crippen molar-refractivity contribution in [1.82, 2.24) is 15.2 Å². The lowest BCUT2D eigenvalue weighted by atomic mass is 9.77. The molecule has 3 aliphatic heterocycles. The summed E-state index contributed by atoms with van der Waals surface area (Å²) in [5.74, 6) is -0.129. The van der Waals surface area contributed by atoms with Crippen molar-refractivity contribution in [2.45, 2.75) is 38.9 Å². The van der Waals surface area contributed by atoms with E-state index in [9.17, 15) is 14.7 Å². The van der Waals surface area contributed by atoms with Gasteiger partial charge >= 0.3 is 5.97 Å². The van der Waals surface area contributed by atoms with Crippen LogP contribution in [0.15, 0.2) is 35.0 Å². The van der Waals surface area contributed by atoms with Crippen LogP contribution in [0.3, 0.4) is 0 Å². The fourth-order valence-corrected chi connectivity index (χ4v) is 5.70. The number of cyclic esters (lactones) is 1. The Hall–Kier alpha value is -3.30. The van der Waals surface area contributed by atoms with E-state index in [0.29, 0.717) is 29.7 Å². The monoisotopic (exact) mass is 462 g/mol. The average Bonchev–Trinajstić information content (AvgIpc) is 3.54. The maximum atomic E-state index is 13.4. The first-order valence-corrected chi connectivity index (χ1v) is 11.7. The first kappa shape index (κ1) is 21.2. The highest BCUT2D eigenvalue weighted by molar-refractivity contribution is 6.01. The molecule has 0 bridgehead atoms. The van der Waals surface area contributed by atoms with Gasteiger partial charge in [0, 0.05) is 24.3 Å². The largest absolute Gasteiger partial charge is 0.457 e. The second-order valence-electron chi connectivity index (χ2n) is 9.62. The van der Waals surface area contributed by atoms with E-state index >= 15 is 0 Å². The number of hydrogen-bond donors (Lipinski definition) is 1. The van der Waals surface area contributed by atoms with E-state index < -0.39 is 6.10 Å². The third kappa shape index (κ3) is 3.30. The van der Waals surface area contributed by atoms with E-state index in [1.807, 2.05) is 36.1 Å². The number of anilines is 1. The summed E-state index contributed by atoms with van der Waals surface area (Å²) in [5.41, 5.74) is 5.02. The Kier molecular flexibility index (Phi) is 4.93. The second-order valence-corrected chi connectivity index (χ2v) is 9.62. The summed E-state index contributed by atoms with van der Waals surface area (Å²) < 4.78 is 9.91. The quantitative estimate of drug-likeness (QED) is 0.590. The number of benzene rings is 2. The number of piperidine rings is 1. The van der Waals surface area contributed by atoms with Crippen molar-refractivity contribution in [2.75, 3.05) is 31.1 Å². The highest BCUT2D eigenvalue weighted by atomic mass is 16.6. The number of aliphatic hydroxyl groups excluding tert-OH is 1. The number of carbonyl (C=O) groups excluding carboxylic acids is 2. The van der Waals surface area contributed by atoms with E-state index in [1.54, 1.807) is 6.07 Å². The van der Waals surface area contributed by atoms with Gasteiger partial charge in [-0.05, 0) is 85.0 Å². The molecule has 1 aromatic heterocycles. The number of fused-ring (bicyclic) bond motifs is 2. The highest BCUT2D eigenvalue weighted by Crippen LogP contribution is 2.43. The molecule has 1 N–H and O–H groups in total. The zero-order chi connectivity index (χ0) is 23.4. The first-order valence-electron chi connectivity index (χ1n) is 11.7. The van der Waals surface area contributed by atoms with Crippen molar-refractivity contribution in [3.8, 4) is 0 Å². The fraction of sp³-hybridized carbons (Fsp3) is 0.440. The smallest absolute Gasteiger partial charge is 0.338 e. The zero-order valence-electron chi connectivity index (χ0n) is 19.0. The molecular weight excluding hydrogens is 436 g/mol. The standard InChI is InChI=1S/C25H26N4O5/c1-15-17(3-4-18-19(15)14-33-23(18)31)22(30)13-28-9-6-25(7-10-28)8-11-29(24(25)32)16-2-5-20-21(12-16)27-34-26-20/h2-5,12,22,30H,6-11,13-14H2,1H3/t22-/m0/s1. The molecule has 1 spiro atoms. The maximum absolute atomic E-state index is 13.4. The third-order valence-electron chi connectivity index (χ3n) is 7.87. The molecule has 1 atom stereocenters. The number of β-amino-alcohol motifs (C(OH)–C–C–N with tert-alkyl or cyclic N) is 1. The van der Waals surface area contributed by atoms with Crippen LogP contribution in [-0.4, -0.2) is 58.4 Å². The van der Waals surface area contributed by atoms with Gasteiger partial charge < -0.3 is 19.6 Å². The topological polar surface area (TPSA) is 109 Å². The second kappa shape index (κ2) is 7.89. The Bertz CT molecular complexity index is 1290. The fourth-order valence-electron chi connectivity index (χ4n) is 5.70. The van der Waals surface area contributed by atoms with Crippen molar-refractivity contribution in [2.24, 2.45) is 5.41 Å². The molecule has 6 rings (SSSR count). The normalized spacial score (nSPS) is 20.8. The van der Waals surface area contributed by atoms with Gasteiger partial charge in [0.15, 0.2) is 0 Å². The van der Waals surface area contributed by atoms with Crippen molar-refractivity contribution in [3.05, 3.63) is 52.6 Å². The Labute approximate surface area is 196 Å². The van der Waals surface area contributed by atoms with Crippen LogP contribution >= 0.6 is 0 Å². The summed E-state index contributed by atoms with van der Waals surface area (Å²) >= 11 is 0. The molecule has 3 aliphatic rings. The number of ether oxygens (including phenoxy) is 1. The zero-order valence-corrected chi connectivity index (χ0v) is 19.0. The molecule has 2 saturated heterocycles. The molecule has 34 heavy (non-hydrogen) atoms. The van der Waals surface area contributed by atoms with Crippen LogP contribution in [0.5, 0.6) is 0 Å². The average molecular weight is 463 g/mol. The lowest BCUT2D eigenvalue weighted by Gasteiger charge is -2.38. The lowest BCUT2D eigenvalue weighted by molar-refractivity contribution is -0.128. The van der Waals surface area contributed by atoms with Gasteiger partial charge in [0.05, 0.1) is 17.1 Å². The summed E-state index contributed by atoms with van der Waals surface area (Å²) in [6, 6.07) is 9.15. The molecule has 2 aromatic carbocycles. The lowest BCUT2D eigenvalue weighted by Crippen LogP contribution is -2.45. The Morgan fingerprint density at radius 1 is 1.06 bits per heavy atom. The van der Waals surface area contributed by atoms with Crippen molar-refractivity contribution >= 4 is 28.6 Å². The minimum Gasteiger partial charge on any atom is -0.457 e. The molecule has 0 radical (unpaired) electrons. The minimum atomic E-state index is -0.659. The van der Waals surface area contributed by atoms with E-state index in [2.05, 4.69) is 15.2 Å². The molecular formula is C25H26N4O5. The molecule has 2 fully saturated rings. The van der Waals surface area contributed by atoms with Crippen molar-refractivity contribution < 1.29 is 24.1 Å². The summed E-state index contributed by atoms with van der Waals surface area (Å²) in [5, 5.41) is 18.7. The van der Waals surface area contributed by atoms with Gasteiger partial charge in [0.1, 0.15) is 17.6 Å². The molecule has 1 amide bonds. The minimum absolute atomic E-state index is 0.169. The molecule has 4 heterocycles. The number of likely N-dealkylation sites (tertiary alicyclic amines) is 1. The van der Waals surface area contributed by atoms with Crippen LogP contribution in [0.2, 0.25) is 0 Å². The molecule has 0 aliphatic carbocycles. The number of rotatable bonds is 4. The van der Waals surface area contributed by atoms with Gasteiger partial charge in [-0.3, -0.25) is 4.79 Å². The molecule has 0 unspecified atom stereocenters. The molecule has 0 saturated carbocycles. The maximum Gasteiger partial charge on any atom is 0.338 e. The number of aliphatic hydroxyl groups is 1. The van der Waals surface area contributed by atoms with Gasteiger partial charge in [-0.2, -0.15) is 0 Å². The number of aromatic nitrogens is 2. The van der Waals surface area contributed by atoms with Gasteiger partial charge in [-0.1, -0.05) is 6.07 Å². The number of amides is 1. The van der Waals surface area contributed by atoms with Crippen LogP contribution in [0, 0.1) is 12.3 Å². The van der Waals surface area contributed by atoms with Gasteiger partial charge in [0.25, 0.3) is 0 Å². The first-order chi connectivity index (χ1) is 16.4. The number of esters is 1. The Morgan fingerprint density at radius 3 is 2.65 bits per heavy atom. The predicted molar refractivity (Wildman–Crippen MR) is 122 cm³/mol. The van der Waals surface area contributed by atoms with Crippen LogP contribution in [0.25, 0.3) is 11.0 Å². The third-order valence-corrected chi connectivity index (χ3v) is 7.87. The van der Waals surface area contributed by atoms with Gasteiger partial charge in [-0.15, -0.1) is 0 Å². The van der Waals surface area contributed by atoms with Crippen LogP contribution < -0.4 is 4.90 Å². The van der Waals surface area contributed by atoms with E-state index in [-0.39, 0.29) is 23.9 Å². The van der Waals surface area contributed by atoms with Crippen LogP contribution in [0.4, 0.5) is 5.69 Å². The summed E-state index contributed by atoms with van der Waals surface area (Å²) in [4.78, 5) is 29.3. The number of hydrogen-bond acceptors (Lipinski definition) is 8. The molecule has 176 valence electrons. The number of nitrogens with zero attached hydrogens (tertiary/aromatic N) is 4. The van der Waals surface area contributed by atoms with Gasteiger partial charge in [-0.25, -0.2) is 9.42 Å². The van der Waals surface area contributed by atoms with E-state index in [0.717, 1.165) is 54.7 Å². The van der Waals surface area contributed by atoms with Crippen LogP contribution in [-0.2, 0) is 16.1 Å². The SMILES string of the molecule is Cc1c([C@@H](O)CN2CCC3(CC2)CCN(c2ccc4nonc4c2)C3=O)ccc2c1COC2=O. The summed E-state index contributed by atoms with van der Waals surface area (Å²) in [7, 11) is 0. The highest BCUT2D eigenvalue weighted by Gasteiger charge is 2.48. The van der Waals surface area contributed by atoms with Crippen molar-refractivity contribution in [1.29, 1.82) is 0 Å². The molecule has 9 heteroatoms. The Balaban J connectivity index is 1.11. The molecule has 3 aromatic rings.